The molecule has 2 rings (SSSR count). The molecule has 1 aromatic rings. The lowest BCUT2D eigenvalue weighted by Crippen LogP contribution is -2.14. The van der Waals surface area contributed by atoms with E-state index in [9.17, 15) is 8.78 Å². The summed E-state index contributed by atoms with van der Waals surface area (Å²) in [4.78, 5) is 3.77. The van der Waals surface area contributed by atoms with E-state index in [1.54, 1.807) is 0 Å². The summed E-state index contributed by atoms with van der Waals surface area (Å²) in [5.41, 5.74) is 2.10. The molecular weight excluding hydrogens is 226 g/mol. The number of hydrogen-bond donors (Lipinski definition) is 3. The number of hydrazine groups is 1. The third-order valence-corrected chi connectivity index (χ3v) is 2.97. The van der Waals surface area contributed by atoms with Crippen molar-refractivity contribution in [2.24, 2.45) is 11.8 Å². The molecule has 1 aromatic heterocycles. The average Bonchev–Trinajstić information content (AvgIpc) is 3.01. The molecule has 0 spiro atoms. The minimum atomic E-state index is -0.795. The summed E-state index contributed by atoms with van der Waals surface area (Å²) in [7, 11) is 0. The van der Waals surface area contributed by atoms with Gasteiger partial charge in [0, 0.05) is 12.1 Å². The third kappa shape index (κ3) is 2.63. The number of aromatic nitrogens is 1. The molecule has 0 aliphatic heterocycles. The molecule has 1 aliphatic carbocycles. The molecule has 2 atom stereocenters. The highest BCUT2D eigenvalue weighted by atomic mass is 19.1. The van der Waals surface area contributed by atoms with Crippen LogP contribution in [-0.4, -0.2) is 11.0 Å². The third-order valence-electron chi connectivity index (χ3n) is 2.97. The SMILES string of the molecule is CCCC1CC1Nc1nc(NN)c(F)cc1F. The van der Waals surface area contributed by atoms with Gasteiger partial charge in [-0.1, -0.05) is 13.3 Å². The molecule has 4 nitrogen and oxygen atoms in total. The van der Waals surface area contributed by atoms with E-state index in [0.717, 1.165) is 25.3 Å². The van der Waals surface area contributed by atoms with E-state index < -0.39 is 11.6 Å². The minimum Gasteiger partial charge on any atom is -0.365 e. The van der Waals surface area contributed by atoms with Crippen molar-refractivity contribution in [1.82, 2.24) is 4.98 Å². The van der Waals surface area contributed by atoms with E-state index in [1.807, 2.05) is 0 Å². The summed E-state index contributed by atoms with van der Waals surface area (Å²) in [6.45, 7) is 2.11. The van der Waals surface area contributed by atoms with Crippen molar-refractivity contribution in [3.63, 3.8) is 0 Å². The molecule has 0 saturated heterocycles. The topological polar surface area (TPSA) is 63.0 Å². The number of nitrogens with zero attached hydrogens (tertiary/aromatic N) is 1. The lowest BCUT2D eigenvalue weighted by molar-refractivity contribution is 0.577. The van der Waals surface area contributed by atoms with Crippen molar-refractivity contribution in [3.05, 3.63) is 17.7 Å². The Balaban J connectivity index is 2.06. The maximum Gasteiger partial charge on any atom is 0.178 e. The molecule has 0 radical (unpaired) electrons. The van der Waals surface area contributed by atoms with Gasteiger partial charge in [0.2, 0.25) is 0 Å². The fourth-order valence-electron chi connectivity index (χ4n) is 1.96. The van der Waals surface area contributed by atoms with Crippen molar-refractivity contribution < 1.29 is 8.78 Å². The molecule has 0 aromatic carbocycles. The lowest BCUT2D eigenvalue weighted by atomic mass is 10.2. The monoisotopic (exact) mass is 242 g/mol. The van der Waals surface area contributed by atoms with Crippen LogP contribution in [0.3, 0.4) is 0 Å². The number of halogens is 2. The Morgan fingerprint density at radius 2 is 2.12 bits per heavy atom. The molecular formula is C11H16F2N4. The van der Waals surface area contributed by atoms with Crippen molar-refractivity contribution >= 4 is 11.6 Å². The van der Waals surface area contributed by atoms with Crippen molar-refractivity contribution in [2.45, 2.75) is 32.2 Å². The van der Waals surface area contributed by atoms with Gasteiger partial charge in [0.25, 0.3) is 0 Å². The van der Waals surface area contributed by atoms with Crippen LogP contribution in [-0.2, 0) is 0 Å². The minimum absolute atomic E-state index is 0.0583. The normalized spacial score (nSPS) is 22.4. The van der Waals surface area contributed by atoms with Crippen LogP contribution < -0.4 is 16.6 Å². The molecule has 2 unspecified atom stereocenters. The first-order valence-electron chi connectivity index (χ1n) is 5.75. The van der Waals surface area contributed by atoms with Crippen molar-refractivity contribution in [2.75, 3.05) is 10.7 Å². The quantitative estimate of drug-likeness (QED) is 0.547. The number of rotatable bonds is 5. The fraction of sp³-hybridized carbons (Fsp3) is 0.545. The summed E-state index contributed by atoms with van der Waals surface area (Å²) >= 11 is 0. The average molecular weight is 242 g/mol. The molecule has 94 valence electrons. The summed E-state index contributed by atoms with van der Waals surface area (Å²) in [6, 6.07) is 1.02. The largest absolute Gasteiger partial charge is 0.365 e. The maximum atomic E-state index is 13.4. The number of hydrogen-bond acceptors (Lipinski definition) is 4. The zero-order chi connectivity index (χ0) is 12.4. The van der Waals surface area contributed by atoms with E-state index in [0.29, 0.717) is 5.92 Å². The van der Waals surface area contributed by atoms with Gasteiger partial charge >= 0.3 is 0 Å². The summed E-state index contributed by atoms with van der Waals surface area (Å²) in [5.74, 6) is 4.08. The first-order valence-corrected chi connectivity index (χ1v) is 5.75. The zero-order valence-corrected chi connectivity index (χ0v) is 9.63. The van der Waals surface area contributed by atoms with Crippen molar-refractivity contribution in [1.29, 1.82) is 0 Å². The van der Waals surface area contributed by atoms with Crippen LogP contribution in [0.15, 0.2) is 6.07 Å². The second-order valence-corrected chi connectivity index (χ2v) is 4.33. The van der Waals surface area contributed by atoms with Crippen LogP contribution in [0.25, 0.3) is 0 Å². The van der Waals surface area contributed by atoms with Gasteiger partial charge in [-0.05, 0) is 18.8 Å². The van der Waals surface area contributed by atoms with Crippen LogP contribution in [0.2, 0.25) is 0 Å². The van der Waals surface area contributed by atoms with Gasteiger partial charge in [-0.15, -0.1) is 0 Å². The highest BCUT2D eigenvalue weighted by molar-refractivity contribution is 5.48. The van der Waals surface area contributed by atoms with Crippen LogP contribution in [0, 0.1) is 17.6 Å². The van der Waals surface area contributed by atoms with Gasteiger partial charge in [0.05, 0.1) is 0 Å². The van der Waals surface area contributed by atoms with Crippen molar-refractivity contribution in [3.8, 4) is 0 Å². The predicted octanol–water partition coefficient (Wildman–Crippen LogP) is 2.25. The molecule has 0 amide bonds. The van der Waals surface area contributed by atoms with Crippen LogP contribution in [0.5, 0.6) is 0 Å². The Hall–Kier alpha value is -1.43. The molecule has 1 aliphatic rings. The second-order valence-electron chi connectivity index (χ2n) is 4.33. The van der Waals surface area contributed by atoms with E-state index in [2.05, 4.69) is 22.7 Å². The van der Waals surface area contributed by atoms with E-state index in [4.69, 9.17) is 5.84 Å². The standard InChI is InChI=1S/C11H16F2N4/c1-2-3-6-4-9(6)15-10-7(12)5-8(13)11(16-10)17-14/h5-6,9H,2-4,14H2,1H3,(H2,15,16,17). The number of pyridine rings is 1. The number of nitrogens with one attached hydrogen (secondary N) is 2. The number of nitrogens with two attached hydrogens (primary N) is 1. The van der Waals surface area contributed by atoms with Gasteiger partial charge in [0.15, 0.2) is 23.3 Å². The van der Waals surface area contributed by atoms with E-state index >= 15 is 0 Å². The van der Waals surface area contributed by atoms with E-state index in [-0.39, 0.29) is 17.7 Å². The predicted molar refractivity (Wildman–Crippen MR) is 62.4 cm³/mol. The van der Waals surface area contributed by atoms with Gasteiger partial charge in [-0.3, -0.25) is 0 Å². The number of anilines is 2. The highest BCUT2D eigenvalue weighted by Gasteiger charge is 2.36. The summed E-state index contributed by atoms with van der Waals surface area (Å²) in [5, 5.41) is 2.97. The first kappa shape index (κ1) is 12.0. The van der Waals surface area contributed by atoms with Gasteiger partial charge in [-0.25, -0.2) is 19.6 Å². The Bertz CT molecular complexity index is 411. The van der Waals surface area contributed by atoms with E-state index in [1.165, 1.54) is 0 Å². The second kappa shape index (κ2) is 4.83. The van der Waals surface area contributed by atoms with Crippen LogP contribution in [0.1, 0.15) is 26.2 Å². The van der Waals surface area contributed by atoms with Crippen LogP contribution in [0.4, 0.5) is 20.4 Å². The van der Waals surface area contributed by atoms with Crippen LogP contribution >= 0.6 is 0 Å². The molecule has 1 saturated carbocycles. The smallest absolute Gasteiger partial charge is 0.178 e. The Labute approximate surface area is 98.6 Å². The molecule has 4 N–H and O–H groups in total. The Kier molecular flexibility index (Phi) is 3.42. The Morgan fingerprint density at radius 1 is 1.41 bits per heavy atom. The molecule has 17 heavy (non-hydrogen) atoms. The maximum absolute atomic E-state index is 13.4. The fourth-order valence-corrected chi connectivity index (χ4v) is 1.96. The first-order chi connectivity index (χ1) is 8.15. The highest BCUT2D eigenvalue weighted by Crippen LogP contribution is 2.37. The Morgan fingerprint density at radius 3 is 2.76 bits per heavy atom. The summed E-state index contributed by atoms with van der Waals surface area (Å²) < 4.78 is 26.5. The summed E-state index contributed by atoms with van der Waals surface area (Å²) in [6.07, 6.45) is 3.23. The lowest BCUT2D eigenvalue weighted by Gasteiger charge is -2.09. The number of nitrogen functional groups attached to an aromatic ring is 1. The molecule has 1 heterocycles. The van der Waals surface area contributed by atoms with Gasteiger partial charge in [-0.2, -0.15) is 0 Å². The molecule has 0 bridgehead atoms. The molecule has 6 heteroatoms. The van der Waals surface area contributed by atoms with Gasteiger partial charge in [0.1, 0.15) is 0 Å². The zero-order valence-electron chi connectivity index (χ0n) is 9.63. The molecule has 1 fully saturated rings. The van der Waals surface area contributed by atoms with Gasteiger partial charge < -0.3 is 10.7 Å².